The number of amides is 4. The van der Waals surface area contributed by atoms with Crippen LogP contribution >= 0.6 is 0 Å². The summed E-state index contributed by atoms with van der Waals surface area (Å²) in [6.45, 7) is 5.79. The molecule has 4 amide bonds. The minimum atomic E-state index is -0.685. The molecule has 33 heavy (non-hydrogen) atoms. The molecule has 4 rings (SSSR count). The molecule has 0 bridgehead atoms. The van der Waals surface area contributed by atoms with Crippen molar-refractivity contribution in [1.29, 1.82) is 0 Å². The zero-order valence-corrected chi connectivity index (χ0v) is 19.6. The van der Waals surface area contributed by atoms with Crippen molar-refractivity contribution >= 4 is 29.3 Å². The van der Waals surface area contributed by atoms with Crippen molar-refractivity contribution in [3.05, 3.63) is 29.8 Å². The lowest BCUT2D eigenvalue weighted by atomic mass is 9.98. The first-order valence-electron chi connectivity index (χ1n) is 12.2. The molecule has 0 saturated carbocycles. The molecule has 2 unspecified atom stereocenters. The molecule has 8 nitrogen and oxygen atoms in total. The molecule has 178 valence electrons. The second-order valence-electron chi connectivity index (χ2n) is 9.42. The molecular weight excluding hydrogens is 420 g/mol. The van der Waals surface area contributed by atoms with Crippen molar-refractivity contribution < 1.29 is 19.2 Å². The van der Waals surface area contributed by atoms with E-state index in [1.807, 2.05) is 30.0 Å². The van der Waals surface area contributed by atoms with Crippen LogP contribution in [0.3, 0.4) is 0 Å². The van der Waals surface area contributed by atoms with Crippen LogP contribution in [0, 0.1) is 0 Å². The maximum atomic E-state index is 13.2. The van der Waals surface area contributed by atoms with Gasteiger partial charge in [-0.05, 0) is 51.2 Å². The van der Waals surface area contributed by atoms with Crippen LogP contribution < -0.4 is 10.2 Å². The second kappa shape index (κ2) is 9.53. The third-order valence-corrected chi connectivity index (χ3v) is 7.35. The minimum absolute atomic E-state index is 0.0298. The monoisotopic (exact) mass is 454 g/mol. The molecule has 2 saturated heterocycles. The average molecular weight is 455 g/mol. The van der Waals surface area contributed by atoms with Gasteiger partial charge in [0.25, 0.3) is 5.91 Å². The molecule has 1 N–H and O–H groups in total. The van der Waals surface area contributed by atoms with Gasteiger partial charge in [0.1, 0.15) is 5.66 Å². The number of rotatable bonds is 9. The van der Waals surface area contributed by atoms with Crippen molar-refractivity contribution in [2.45, 2.75) is 76.9 Å². The zero-order valence-electron chi connectivity index (χ0n) is 19.6. The van der Waals surface area contributed by atoms with Crippen molar-refractivity contribution in [1.82, 2.24) is 15.1 Å². The van der Waals surface area contributed by atoms with Crippen LogP contribution in [-0.2, 0) is 14.4 Å². The summed E-state index contributed by atoms with van der Waals surface area (Å²) in [5.41, 5.74) is 0.537. The number of fused-ring (bicyclic) bond motifs is 3. The highest BCUT2D eigenvalue weighted by Gasteiger charge is 2.52. The van der Waals surface area contributed by atoms with E-state index in [0.717, 1.165) is 25.8 Å². The standard InChI is InChI=1S/C25H34N4O4/c1-3-18(27-16-7-11-22(27)31)13-15-26-21(30)10-6-17-28-24(33)19-8-4-5-9-20(19)29-23(32)12-14-25(28,29)2/h4-5,8-9,18H,3,6-7,10-17H2,1-2H3,(H,26,30). The molecule has 0 aromatic heterocycles. The van der Waals surface area contributed by atoms with Crippen LogP contribution in [0.1, 0.15) is 75.6 Å². The Balaban J connectivity index is 1.30. The molecule has 3 aliphatic rings. The molecular formula is C25H34N4O4. The van der Waals surface area contributed by atoms with Gasteiger partial charge < -0.3 is 15.1 Å². The highest BCUT2D eigenvalue weighted by molar-refractivity contribution is 6.10. The van der Waals surface area contributed by atoms with Gasteiger partial charge in [0.2, 0.25) is 17.7 Å². The summed E-state index contributed by atoms with van der Waals surface area (Å²) >= 11 is 0. The molecule has 2 atom stereocenters. The zero-order chi connectivity index (χ0) is 23.6. The van der Waals surface area contributed by atoms with E-state index in [9.17, 15) is 19.2 Å². The Morgan fingerprint density at radius 3 is 2.67 bits per heavy atom. The van der Waals surface area contributed by atoms with Crippen LogP contribution in [0.5, 0.6) is 0 Å². The number of hydrogen-bond donors (Lipinski definition) is 1. The Bertz CT molecular complexity index is 948. The fourth-order valence-corrected chi connectivity index (χ4v) is 5.54. The summed E-state index contributed by atoms with van der Waals surface area (Å²) in [5.74, 6) is 0.114. The quantitative estimate of drug-likeness (QED) is 0.621. The predicted molar refractivity (Wildman–Crippen MR) is 124 cm³/mol. The molecule has 8 heteroatoms. The summed E-state index contributed by atoms with van der Waals surface area (Å²) in [6.07, 6.45) is 5.03. The molecule has 0 aliphatic carbocycles. The van der Waals surface area contributed by atoms with Gasteiger partial charge in [-0.3, -0.25) is 24.1 Å². The number of carbonyl (C=O) groups excluding carboxylic acids is 4. The van der Waals surface area contributed by atoms with Gasteiger partial charge in [-0.2, -0.15) is 0 Å². The van der Waals surface area contributed by atoms with Gasteiger partial charge in [-0.25, -0.2) is 0 Å². The first kappa shape index (κ1) is 23.3. The summed E-state index contributed by atoms with van der Waals surface area (Å²) in [6, 6.07) is 7.43. The minimum Gasteiger partial charge on any atom is -0.356 e. The van der Waals surface area contributed by atoms with Crippen molar-refractivity contribution in [3.63, 3.8) is 0 Å². The number of benzene rings is 1. The molecule has 1 aromatic carbocycles. The molecule has 1 aromatic rings. The molecule has 3 aliphatic heterocycles. The fraction of sp³-hybridized carbons (Fsp3) is 0.600. The van der Waals surface area contributed by atoms with E-state index < -0.39 is 5.66 Å². The van der Waals surface area contributed by atoms with Crippen LogP contribution in [0.4, 0.5) is 5.69 Å². The van der Waals surface area contributed by atoms with Gasteiger partial charge in [-0.15, -0.1) is 0 Å². The number of para-hydroxylation sites is 1. The first-order chi connectivity index (χ1) is 15.9. The van der Waals surface area contributed by atoms with Gasteiger partial charge in [0.05, 0.1) is 11.3 Å². The van der Waals surface area contributed by atoms with Gasteiger partial charge >= 0.3 is 0 Å². The Hall–Kier alpha value is -2.90. The average Bonchev–Trinajstić information content (AvgIpc) is 3.36. The highest BCUT2D eigenvalue weighted by atomic mass is 16.2. The topological polar surface area (TPSA) is 90.0 Å². The lowest BCUT2D eigenvalue weighted by Crippen LogP contribution is -2.62. The summed E-state index contributed by atoms with van der Waals surface area (Å²) in [5, 5.41) is 2.97. The smallest absolute Gasteiger partial charge is 0.257 e. The molecule has 0 spiro atoms. The van der Waals surface area contributed by atoms with Gasteiger partial charge in [0.15, 0.2) is 0 Å². The van der Waals surface area contributed by atoms with Crippen molar-refractivity contribution in [3.8, 4) is 0 Å². The molecule has 0 radical (unpaired) electrons. The maximum Gasteiger partial charge on any atom is 0.257 e. The summed E-state index contributed by atoms with van der Waals surface area (Å²) < 4.78 is 0. The predicted octanol–water partition coefficient (Wildman–Crippen LogP) is 2.67. The third-order valence-electron chi connectivity index (χ3n) is 7.35. The van der Waals surface area contributed by atoms with Crippen molar-refractivity contribution in [2.24, 2.45) is 0 Å². The maximum absolute atomic E-state index is 13.2. The Kier molecular flexibility index (Phi) is 6.72. The Morgan fingerprint density at radius 1 is 1.15 bits per heavy atom. The summed E-state index contributed by atoms with van der Waals surface area (Å²) in [7, 11) is 0. The number of anilines is 1. The molecule has 3 heterocycles. The van der Waals surface area contributed by atoms with E-state index >= 15 is 0 Å². The van der Waals surface area contributed by atoms with Gasteiger partial charge in [-0.1, -0.05) is 19.1 Å². The van der Waals surface area contributed by atoms with Crippen LogP contribution in [0.2, 0.25) is 0 Å². The number of likely N-dealkylation sites (tertiary alicyclic amines) is 1. The largest absolute Gasteiger partial charge is 0.356 e. The van der Waals surface area contributed by atoms with Crippen LogP contribution in [0.25, 0.3) is 0 Å². The van der Waals surface area contributed by atoms with E-state index in [2.05, 4.69) is 12.2 Å². The lowest BCUT2D eigenvalue weighted by molar-refractivity contribution is -0.129. The van der Waals surface area contributed by atoms with Crippen LogP contribution in [0.15, 0.2) is 24.3 Å². The number of nitrogens with zero attached hydrogens (tertiary/aromatic N) is 3. The Labute approximate surface area is 195 Å². The van der Waals surface area contributed by atoms with E-state index in [-0.39, 0.29) is 29.7 Å². The van der Waals surface area contributed by atoms with E-state index in [1.165, 1.54) is 0 Å². The van der Waals surface area contributed by atoms with E-state index in [0.29, 0.717) is 56.4 Å². The highest BCUT2D eigenvalue weighted by Crippen LogP contribution is 2.44. The SMILES string of the molecule is CCC(CCNC(=O)CCCN1C(=O)c2ccccc2N2C(=O)CCC12C)N1CCCC1=O. The number of carbonyl (C=O) groups is 4. The third kappa shape index (κ3) is 4.35. The van der Waals surface area contributed by atoms with Crippen molar-refractivity contribution in [2.75, 3.05) is 24.5 Å². The second-order valence-corrected chi connectivity index (χ2v) is 9.42. The van der Waals surface area contributed by atoms with Crippen LogP contribution in [-0.4, -0.2) is 64.8 Å². The summed E-state index contributed by atoms with van der Waals surface area (Å²) in [4.78, 5) is 55.7. The van der Waals surface area contributed by atoms with E-state index in [4.69, 9.17) is 0 Å². The normalized spacial score (nSPS) is 23.1. The first-order valence-corrected chi connectivity index (χ1v) is 12.2. The Morgan fingerprint density at radius 2 is 1.94 bits per heavy atom. The lowest BCUT2D eigenvalue weighted by Gasteiger charge is -2.48. The molecule has 2 fully saturated rings. The van der Waals surface area contributed by atoms with Gasteiger partial charge in [0, 0.05) is 44.9 Å². The fourth-order valence-electron chi connectivity index (χ4n) is 5.54. The number of nitrogens with one attached hydrogen (secondary N) is 1. The van der Waals surface area contributed by atoms with E-state index in [1.54, 1.807) is 15.9 Å². The number of hydrogen-bond acceptors (Lipinski definition) is 4.